The molecule has 2 N–H and O–H groups in total. The molecule has 1 aliphatic carbocycles. The first-order valence-corrected chi connectivity index (χ1v) is 7.93. The number of nitrogens with zero attached hydrogens (tertiary/aromatic N) is 1. The molecule has 112 valence electrons. The smallest absolute Gasteiger partial charge is 0.115 e. The molecule has 1 aromatic carbocycles. The van der Waals surface area contributed by atoms with Crippen LogP contribution in [0.25, 0.3) is 0 Å². The van der Waals surface area contributed by atoms with E-state index in [0.717, 1.165) is 19.0 Å². The Morgan fingerprint density at radius 3 is 2.67 bits per heavy atom. The van der Waals surface area contributed by atoms with Crippen LogP contribution in [0.4, 0.5) is 0 Å². The van der Waals surface area contributed by atoms with E-state index in [4.69, 9.17) is 0 Å². The third-order valence-electron chi connectivity index (χ3n) is 4.14. The van der Waals surface area contributed by atoms with Crippen LogP contribution in [0.1, 0.15) is 43.4 Å². The third kappa shape index (κ3) is 3.67. The van der Waals surface area contributed by atoms with E-state index < -0.39 is 0 Å². The molecular weight excluding hydrogens is 260 g/mol. The number of phenols is 1. The summed E-state index contributed by atoms with van der Waals surface area (Å²) in [6.07, 6.45) is 8.30. The molecule has 1 atom stereocenters. The standard InChI is InChI=1S/C18H24N2O/c1-2-10-19-18(15-5-6-15)16-9-11-20(13-16)12-14-3-7-17(21)8-4-14/h3-4,7-9,11,13,15,18-19,21H,2,5-6,10,12H2,1H3. The molecule has 0 aliphatic heterocycles. The van der Waals surface area contributed by atoms with Crippen molar-refractivity contribution < 1.29 is 5.11 Å². The highest BCUT2D eigenvalue weighted by Crippen LogP contribution is 2.41. The second-order valence-electron chi connectivity index (χ2n) is 6.05. The van der Waals surface area contributed by atoms with Crippen molar-refractivity contribution in [1.29, 1.82) is 0 Å². The van der Waals surface area contributed by atoms with Crippen LogP contribution in [-0.4, -0.2) is 16.2 Å². The zero-order chi connectivity index (χ0) is 14.7. The van der Waals surface area contributed by atoms with Crippen molar-refractivity contribution in [2.45, 2.75) is 38.8 Å². The van der Waals surface area contributed by atoms with Crippen LogP contribution in [0, 0.1) is 5.92 Å². The van der Waals surface area contributed by atoms with Crippen molar-refractivity contribution in [3.63, 3.8) is 0 Å². The molecule has 0 radical (unpaired) electrons. The van der Waals surface area contributed by atoms with Crippen molar-refractivity contribution in [2.24, 2.45) is 5.92 Å². The lowest BCUT2D eigenvalue weighted by Gasteiger charge is -2.16. The van der Waals surface area contributed by atoms with E-state index in [0.29, 0.717) is 11.8 Å². The average molecular weight is 284 g/mol. The molecule has 0 spiro atoms. The van der Waals surface area contributed by atoms with Gasteiger partial charge in [0.1, 0.15) is 5.75 Å². The molecule has 1 aliphatic rings. The summed E-state index contributed by atoms with van der Waals surface area (Å²) >= 11 is 0. The lowest BCUT2D eigenvalue weighted by molar-refractivity contribution is 0.475. The molecule has 1 saturated carbocycles. The SMILES string of the molecule is CCCNC(c1ccn(Cc2ccc(O)cc2)c1)C1CC1. The van der Waals surface area contributed by atoms with Gasteiger partial charge in [-0.2, -0.15) is 0 Å². The molecule has 1 fully saturated rings. The molecule has 21 heavy (non-hydrogen) atoms. The fraction of sp³-hybridized carbons (Fsp3) is 0.444. The maximum absolute atomic E-state index is 9.34. The number of nitrogens with one attached hydrogen (secondary N) is 1. The fourth-order valence-electron chi connectivity index (χ4n) is 2.84. The van der Waals surface area contributed by atoms with Gasteiger partial charge in [-0.25, -0.2) is 0 Å². The first kappa shape index (κ1) is 14.2. The van der Waals surface area contributed by atoms with Gasteiger partial charge < -0.3 is 15.0 Å². The molecule has 0 bridgehead atoms. The Balaban J connectivity index is 1.68. The van der Waals surface area contributed by atoms with E-state index in [9.17, 15) is 5.11 Å². The molecule has 3 rings (SSSR count). The van der Waals surface area contributed by atoms with Crippen molar-refractivity contribution in [3.05, 3.63) is 53.9 Å². The van der Waals surface area contributed by atoms with Crippen molar-refractivity contribution in [3.8, 4) is 5.75 Å². The van der Waals surface area contributed by atoms with Crippen LogP contribution in [0.15, 0.2) is 42.7 Å². The highest BCUT2D eigenvalue weighted by molar-refractivity contribution is 5.27. The number of aromatic nitrogens is 1. The lowest BCUT2D eigenvalue weighted by Crippen LogP contribution is -2.23. The van der Waals surface area contributed by atoms with Crippen molar-refractivity contribution in [2.75, 3.05) is 6.54 Å². The molecule has 1 aromatic heterocycles. The van der Waals surface area contributed by atoms with Crippen LogP contribution >= 0.6 is 0 Å². The van der Waals surface area contributed by atoms with Crippen LogP contribution in [0.2, 0.25) is 0 Å². The van der Waals surface area contributed by atoms with Gasteiger partial charge in [-0.3, -0.25) is 0 Å². The van der Waals surface area contributed by atoms with E-state index in [1.165, 1.54) is 30.4 Å². The molecule has 0 amide bonds. The minimum atomic E-state index is 0.324. The fourth-order valence-corrected chi connectivity index (χ4v) is 2.84. The first-order chi connectivity index (χ1) is 10.3. The van der Waals surface area contributed by atoms with E-state index in [-0.39, 0.29) is 0 Å². The van der Waals surface area contributed by atoms with Crippen LogP contribution < -0.4 is 5.32 Å². The Bertz CT molecular complexity index is 569. The van der Waals surface area contributed by atoms with Crippen LogP contribution in [-0.2, 0) is 6.54 Å². The topological polar surface area (TPSA) is 37.2 Å². The van der Waals surface area contributed by atoms with Gasteiger partial charge in [0, 0.05) is 25.0 Å². The van der Waals surface area contributed by atoms with Gasteiger partial charge in [-0.05, 0) is 61.1 Å². The number of hydrogen-bond donors (Lipinski definition) is 2. The maximum Gasteiger partial charge on any atom is 0.115 e. The van der Waals surface area contributed by atoms with E-state index >= 15 is 0 Å². The summed E-state index contributed by atoms with van der Waals surface area (Å²) in [5.41, 5.74) is 2.61. The molecule has 0 saturated heterocycles. The van der Waals surface area contributed by atoms with Crippen molar-refractivity contribution >= 4 is 0 Å². The van der Waals surface area contributed by atoms with Gasteiger partial charge in [-0.1, -0.05) is 19.1 Å². The van der Waals surface area contributed by atoms with Gasteiger partial charge >= 0.3 is 0 Å². The largest absolute Gasteiger partial charge is 0.508 e. The van der Waals surface area contributed by atoms with E-state index in [1.54, 1.807) is 12.1 Å². The van der Waals surface area contributed by atoms with Gasteiger partial charge in [-0.15, -0.1) is 0 Å². The monoisotopic (exact) mass is 284 g/mol. The Kier molecular flexibility index (Phi) is 4.30. The number of hydrogen-bond acceptors (Lipinski definition) is 2. The summed E-state index contributed by atoms with van der Waals surface area (Å²) in [6.45, 7) is 4.16. The quantitative estimate of drug-likeness (QED) is 0.813. The summed E-state index contributed by atoms with van der Waals surface area (Å²) in [6, 6.07) is 10.2. The second-order valence-corrected chi connectivity index (χ2v) is 6.05. The normalized spacial score (nSPS) is 16.0. The summed E-state index contributed by atoms with van der Waals surface area (Å²) in [4.78, 5) is 0. The summed E-state index contributed by atoms with van der Waals surface area (Å²) in [5, 5.41) is 13.0. The lowest BCUT2D eigenvalue weighted by atomic mass is 10.1. The van der Waals surface area contributed by atoms with E-state index in [2.05, 4.69) is 35.3 Å². The predicted molar refractivity (Wildman–Crippen MR) is 85.4 cm³/mol. The van der Waals surface area contributed by atoms with Gasteiger partial charge in [0.05, 0.1) is 0 Å². The summed E-state index contributed by atoms with van der Waals surface area (Å²) in [5.74, 6) is 1.14. The van der Waals surface area contributed by atoms with Gasteiger partial charge in [0.2, 0.25) is 0 Å². The zero-order valence-electron chi connectivity index (χ0n) is 12.6. The van der Waals surface area contributed by atoms with Crippen LogP contribution in [0.5, 0.6) is 5.75 Å². The van der Waals surface area contributed by atoms with Crippen molar-refractivity contribution in [1.82, 2.24) is 9.88 Å². The zero-order valence-corrected chi connectivity index (χ0v) is 12.6. The Labute approximate surface area is 126 Å². The molecule has 2 aromatic rings. The number of aromatic hydroxyl groups is 1. The molecule has 3 heteroatoms. The molecule has 3 nitrogen and oxygen atoms in total. The second kappa shape index (κ2) is 6.35. The van der Waals surface area contributed by atoms with Gasteiger partial charge in [0.15, 0.2) is 0 Å². The number of phenolic OH excluding ortho intramolecular Hbond substituents is 1. The highest BCUT2D eigenvalue weighted by Gasteiger charge is 2.32. The average Bonchev–Trinajstić information content (AvgIpc) is 3.22. The van der Waals surface area contributed by atoms with Crippen LogP contribution in [0.3, 0.4) is 0 Å². The first-order valence-electron chi connectivity index (χ1n) is 7.93. The minimum absolute atomic E-state index is 0.324. The molecule has 1 unspecified atom stereocenters. The minimum Gasteiger partial charge on any atom is -0.508 e. The third-order valence-corrected chi connectivity index (χ3v) is 4.14. The summed E-state index contributed by atoms with van der Waals surface area (Å²) in [7, 11) is 0. The highest BCUT2D eigenvalue weighted by atomic mass is 16.3. The Morgan fingerprint density at radius 1 is 1.24 bits per heavy atom. The summed E-state index contributed by atoms with van der Waals surface area (Å²) < 4.78 is 2.23. The number of rotatable bonds is 7. The number of benzene rings is 1. The maximum atomic E-state index is 9.34. The Hall–Kier alpha value is -1.74. The van der Waals surface area contributed by atoms with E-state index in [1.807, 2.05) is 12.1 Å². The Morgan fingerprint density at radius 2 is 2.00 bits per heavy atom. The predicted octanol–water partition coefficient (Wildman–Crippen LogP) is 3.69. The van der Waals surface area contributed by atoms with Gasteiger partial charge in [0.25, 0.3) is 0 Å². The molecular formula is C18H24N2O. The molecule has 1 heterocycles.